The lowest BCUT2D eigenvalue weighted by Crippen LogP contribution is -2.28. The van der Waals surface area contributed by atoms with Crippen molar-refractivity contribution in [2.75, 3.05) is 13.1 Å². The van der Waals surface area contributed by atoms with Crippen LogP contribution in [0.5, 0.6) is 0 Å². The van der Waals surface area contributed by atoms with Gasteiger partial charge in [0.25, 0.3) is 12.4 Å². The first-order valence-corrected chi connectivity index (χ1v) is 7.54. The van der Waals surface area contributed by atoms with Gasteiger partial charge in [-0.3, -0.25) is 9.59 Å². The summed E-state index contributed by atoms with van der Waals surface area (Å²) in [5.74, 6) is 0.737. The molecule has 1 aliphatic heterocycles. The van der Waals surface area contributed by atoms with E-state index in [-0.39, 0.29) is 12.4 Å². The van der Waals surface area contributed by atoms with Crippen LogP contribution in [0, 0.1) is 5.92 Å². The Bertz CT molecular complexity index is 628. The predicted molar refractivity (Wildman–Crippen MR) is 84.4 cm³/mol. The molecule has 0 saturated carbocycles. The SMILES string of the molecule is O=C(c1ccno1)N1CCC(Cc2ccc(Cl)cc2)C1.O=CO. The number of aromatic nitrogens is 1. The maximum absolute atomic E-state index is 12.1. The minimum absolute atomic E-state index is 0.0684. The molecular formula is C16H17ClN2O4. The first-order valence-electron chi connectivity index (χ1n) is 7.16. The molecular weight excluding hydrogens is 320 g/mol. The molecule has 1 aromatic carbocycles. The number of rotatable bonds is 3. The van der Waals surface area contributed by atoms with Crippen molar-refractivity contribution in [2.45, 2.75) is 12.8 Å². The lowest BCUT2D eigenvalue weighted by Gasteiger charge is -2.14. The van der Waals surface area contributed by atoms with Crippen LogP contribution in [-0.2, 0) is 11.2 Å². The Morgan fingerprint density at radius 2 is 2.09 bits per heavy atom. The molecule has 2 heterocycles. The smallest absolute Gasteiger partial charge is 0.292 e. The summed E-state index contributed by atoms with van der Waals surface area (Å²) in [5.41, 5.74) is 1.26. The fourth-order valence-corrected chi connectivity index (χ4v) is 2.75. The Balaban J connectivity index is 0.000000595. The van der Waals surface area contributed by atoms with Crippen LogP contribution in [0.2, 0.25) is 5.02 Å². The van der Waals surface area contributed by atoms with Crippen molar-refractivity contribution >= 4 is 24.0 Å². The summed E-state index contributed by atoms with van der Waals surface area (Å²) >= 11 is 5.88. The van der Waals surface area contributed by atoms with Gasteiger partial charge in [-0.05, 0) is 36.5 Å². The molecule has 1 unspecified atom stereocenters. The van der Waals surface area contributed by atoms with E-state index in [1.54, 1.807) is 6.07 Å². The van der Waals surface area contributed by atoms with Crippen LogP contribution in [0.3, 0.4) is 0 Å². The number of carboxylic acid groups (broad SMARTS) is 1. The lowest BCUT2D eigenvalue weighted by molar-refractivity contribution is -0.122. The molecule has 1 fully saturated rings. The van der Waals surface area contributed by atoms with Crippen molar-refractivity contribution < 1.29 is 19.2 Å². The summed E-state index contributed by atoms with van der Waals surface area (Å²) < 4.78 is 4.92. The maximum Gasteiger partial charge on any atom is 0.292 e. The summed E-state index contributed by atoms with van der Waals surface area (Å²) in [6.45, 7) is 1.29. The van der Waals surface area contributed by atoms with Crippen molar-refractivity contribution in [1.29, 1.82) is 0 Å². The van der Waals surface area contributed by atoms with Crippen LogP contribution >= 0.6 is 11.6 Å². The highest BCUT2D eigenvalue weighted by Gasteiger charge is 2.28. The van der Waals surface area contributed by atoms with Crippen molar-refractivity contribution in [3.05, 3.63) is 52.9 Å². The Labute approximate surface area is 138 Å². The number of carbonyl (C=O) groups excluding carboxylic acids is 1. The van der Waals surface area contributed by atoms with Gasteiger partial charge in [0, 0.05) is 24.2 Å². The van der Waals surface area contributed by atoms with Gasteiger partial charge in [0.2, 0.25) is 5.76 Å². The van der Waals surface area contributed by atoms with Crippen LogP contribution in [0.4, 0.5) is 0 Å². The molecule has 1 aromatic heterocycles. The van der Waals surface area contributed by atoms with Gasteiger partial charge < -0.3 is 14.5 Å². The van der Waals surface area contributed by atoms with Gasteiger partial charge in [-0.15, -0.1) is 0 Å². The van der Waals surface area contributed by atoms with Crippen LogP contribution < -0.4 is 0 Å². The fourth-order valence-electron chi connectivity index (χ4n) is 2.62. The number of carbonyl (C=O) groups is 2. The molecule has 122 valence electrons. The quantitative estimate of drug-likeness (QED) is 0.871. The van der Waals surface area contributed by atoms with E-state index in [0.717, 1.165) is 31.0 Å². The van der Waals surface area contributed by atoms with E-state index in [4.69, 9.17) is 26.0 Å². The molecule has 1 aliphatic rings. The molecule has 0 spiro atoms. The minimum Gasteiger partial charge on any atom is -0.483 e. The predicted octanol–water partition coefficient (Wildman–Crippen LogP) is 2.73. The van der Waals surface area contributed by atoms with Gasteiger partial charge in [0.15, 0.2) is 0 Å². The standard InChI is InChI=1S/C15H15ClN2O2.CH2O2/c16-13-3-1-11(2-4-13)9-12-6-8-18(10-12)15(19)14-5-7-17-20-14;2-1-3/h1-5,7,12H,6,8-10H2;1H,(H,2,3). The van der Waals surface area contributed by atoms with Gasteiger partial charge in [-0.25, -0.2) is 0 Å². The third-order valence-corrected chi connectivity index (χ3v) is 3.91. The highest BCUT2D eigenvalue weighted by molar-refractivity contribution is 6.30. The van der Waals surface area contributed by atoms with Gasteiger partial charge in [-0.2, -0.15) is 0 Å². The summed E-state index contributed by atoms with van der Waals surface area (Å²) in [6.07, 6.45) is 3.48. The van der Waals surface area contributed by atoms with E-state index in [1.807, 2.05) is 29.2 Å². The van der Waals surface area contributed by atoms with Crippen molar-refractivity contribution in [3.63, 3.8) is 0 Å². The highest BCUT2D eigenvalue weighted by Crippen LogP contribution is 2.23. The first kappa shape index (κ1) is 17.0. The summed E-state index contributed by atoms with van der Waals surface area (Å²) in [4.78, 5) is 22.3. The van der Waals surface area contributed by atoms with Gasteiger partial charge in [0.05, 0.1) is 6.20 Å². The Hall–Kier alpha value is -2.34. The average Bonchev–Trinajstić information content (AvgIpc) is 3.21. The molecule has 1 amide bonds. The molecule has 0 radical (unpaired) electrons. The summed E-state index contributed by atoms with van der Waals surface area (Å²) in [5, 5.41) is 11.2. The summed E-state index contributed by atoms with van der Waals surface area (Å²) in [6, 6.07) is 9.51. The van der Waals surface area contributed by atoms with Crippen LogP contribution in [-0.4, -0.2) is 40.6 Å². The molecule has 23 heavy (non-hydrogen) atoms. The van der Waals surface area contributed by atoms with E-state index >= 15 is 0 Å². The zero-order valence-electron chi connectivity index (χ0n) is 12.4. The van der Waals surface area contributed by atoms with Crippen LogP contribution in [0.25, 0.3) is 0 Å². The normalized spacial score (nSPS) is 16.6. The molecule has 1 atom stereocenters. The van der Waals surface area contributed by atoms with Crippen LogP contribution in [0.1, 0.15) is 22.5 Å². The second kappa shape index (κ2) is 8.33. The molecule has 3 rings (SSSR count). The van der Waals surface area contributed by atoms with Crippen molar-refractivity contribution in [3.8, 4) is 0 Å². The third-order valence-electron chi connectivity index (χ3n) is 3.66. The lowest BCUT2D eigenvalue weighted by atomic mass is 9.99. The third kappa shape index (κ3) is 4.82. The first-order chi connectivity index (χ1) is 11.1. The molecule has 0 bridgehead atoms. The Morgan fingerprint density at radius 1 is 1.39 bits per heavy atom. The molecule has 6 nitrogen and oxygen atoms in total. The topological polar surface area (TPSA) is 83.6 Å². The fraction of sp³-hybridized carbons (Fsp3) is 0.312. The molecule has 7 heteroatoms. The number of halogens is 1. The monoisotopic (exact) mass is 336 g/mol. The molecule has 1 saturated heterocycles. The van der Waals surface area contributed by atoms with Gasteiger partial charge >= 0.3 is 0 Å². The highest BCUT2D eigenvalue weighted by atomic mass is 35.5. The zero-order valence-corrected chi connectivity index (χ0v) is 13.1. The van der Waals surface area contributed by atoms with Crippen molar-refractivity contribution in [2.24, 2.45) is 5.92 Å². The molecule has 0 aliphatic carbocycles. The van der Waals surface area contributed by atoms with Crippen LogP contribution in [0.15, 0.2) is 41.1 Å². The van der Waals surface area contributed by atoms with E-state index in [1.165, 1.54) is 11.8 Å². The van der Waals surface area contributed by atoms with Gasteiger partial charge in [-0.1, -0.05) is 28.9 Å². The zero-order chi connectivity index (χ0) is 16.7. The number of amides is 1. The number of benzene rings is 1. The second-order valence-corrected chi connectivity index (χ2v) is 5.65. The number of hydrogen-bond donors (Lipinski definition) is 1. The molecule has 2 aromatic rings. The van der Waals surface area contributed by atoms with E-state index < -0.39 is 0 Å². The Kier molecular flexibility index (Phi) is 6.17. The number of nitrogens with zero attached hydrogens (tertiary/aromatic N) is 2. The second-order valence-electron chi connectivity index (χ2n) is 5.22. The van der Waals surface area contributed by atoms with E-state index in [9.17, 15) is 4.79 Å². The van der Waals surface area contributed by atoms with E-state index in [2.05, 4.69) is 5.16 Å². The average molecular weight is 337 g/mol. The number of hydrogen-bond acceptors (Lipinski definition) is 4. The Morgan fingerprint density at radius 3 is 2.70 bits per heavy atom. The maximum atomic E-state index is 12.1. The summed E-state index contributed by atoms with van der Waals surface area (Å²) in [7, 11) is 0. The molecule has 1 N–H and O–H groups in total. The number of likely N-dealkylation sites (tertiary alicyclic amines) is 1. The largest absolute Gasteiger partial charge is 0.483 e. The van der Waals surface area contributed by atoms with Crippen molar-refractivity contribution in [1.82, 2.24) is 10.1 Å². The van der Waals surface area contributed by atoms with Gasteiger partial charge in [0.1, 0.15) is 0 Å². The minimum atomic E-state index is -0.250. The van der Waals surface area contributed by atoms with E-state index in [0.29, 0.717) is 11.7 Å².